The fourth-order valence-corrected chi connectivity index (χ4v) is 2.47. The van der Waals surface area contributed by atoms with E-state index in [2.05, 4.69) is 10.6 Å². The Labute approximate surface area is 153 Å². The van der Waals surface area contributed by atoms with Crippen LogP contribution in [0, 0.1) is 0 Å². The summed E-state index contributed by atoms with van der Waals surface area (Å²) < 4.78 is 10.7. The third kappa shape index (κ3) is 6.47. The largest absolute Gasteiger partial charge is 0.497 e. The summed E-state index contributed by atoms with van der Waals surface area (Å²) in [4.78, 5) is 23.6. The Hall–Kier alpha value is -3.02. The Morgan fingerprint density at radius 3 is 2.27 bits per heavy atom. The maximum absolute atomic E-state index is 12.2. The standard InChI is InChI=1S/C20H24N2O4/c1-15(23)22-19(16-6-4-3-5-7-16)14-20(24)21-12-13-26-18-10-8-17(25-2)9-11-18/h3-11,19H,12-14H2,1-2H3,(H,21,24)(H,22,23)/t19-/m1/s1. The molecule has 0 aliphatic heterocycles. The van der Waals surface area contributed by atoms with Gasteiger partial charge in [0.25, 0.3) is 0 Å². The highest BCUT2D eigenvalue weighted by molar-refractivity contribution is 5.79. The molecule has 0 aliphatic carbocycles. The Morgan fingerprint density at radius 1 is 1.00 bits per heavy atom. The van der Waals surface area contributed by atoms with Gasteiger partial charge in [0.1, 0.15) is 18.1 Å². The summed E-state index contributed by atoms with van der Waals surface area (Å²) in [6, 6.07) is 16.3. The van der Waals surface area contributed by atoms with Gasteiger partial charge in [-0.3, -0.25) is 9.59 Å². The van der Waals surface area contributed by atoms with Crippen LogP contribution in [0.5, 0.6) is 11.5 Å². The number of carbonyl (C=O) groups excluding carboxylic acids is 2. The lowest BCUT2D eigenvalue weighted by Gasteiger charge is -2.18. The molecule has 0 aliphatic rings. The molecule has 0 heterocycles. The normalized spacial score (nSPS) is 11.3. The zero-order chi connectivity index (χ0) is 18.8. The van der Waals surface area contributed by atoms with E-state index < -0.39 is 0 Å². The van der Waals surface area contributed by atoms with Gasteiger partial charge in [0.05, 0.1) is 26.1 Å². The van der Waals surface area contributed by atoms with Gasteiger partial charge in [-0.25, -0.2) is 0 Å². The Kier molecular flexibility index (Phi) is 7.49. The van der Waals surface area contributed by atoms with E-state index in [1.165, 1.54) is 6.92 Å². The Morgan fingerprint density at radius 2 is 1.65 bits per heavy atom. The third-order valence-corrected chi connectivity index (χ3v) is 3.72. The molecule has 6 heteroatoms. The van der Waals surface area contributed by atoms with Crippen LogP contribution in [0.3, 0.4) is 0 Å². The van der Waals surface area contributed by atoms with Gasteiger partial charge in [-0.15, -0.1) is 0 Å². The molecule has 2 N–H and O–H groups in total. The monoisotopic (exact) mass is 356 g/mol. The van der Waals surface area contributed by atoms with Crippen molar-refractivity contribution in [3.8, 4) is 11.5 Å². The lowest BCUT2D eigenvalue weighted by Crippen LogP contribution is -2.34. The predicted octanol–water partition coefficient (Wildman–Crippen LogP) is 2.46. The van der Waals surface area contributed by atoms with Crippen molar-refractivity contribution in [2.75, 3.05) is 20.3 Å². The van der Waals surface area contributed by atoms with Gasteiger partial charge in [0.2, 0.25) is 11.8 Å². The average Bonchev–Trinajstić information content (AvgIpc) is 2.65. The summed E-state index contributed by atoms with van der Waals surface area (Å²) in [5, 5.41) is 5.62. The smallest absolute Gasteiger partial charge is 0.222 e. The summed E-state index contributed by atoms with van der Waals surface area (Å²) in [6.45, 7) is 2.18. The predicted molar refractivity (Wildman–Crippen MR) is 99.1 cm³/mol. The highest BCUT2D eigenvalue weighted by Crippen LogP contribution is 2.17. The summed E-state index contributed by atoms with van der Waals surface area (Å²) in [6.07, 6.45) is 0.173. The van der Waals surface area contributed by atoms with Crippen molar-refractivity contribution in [1.82, 2.24) is 10.6 Å². The number of benzene rings is 2. The zero-order valence-corrected chi connectivity index (χ0v) is 15.0. The van der Waals surface area contributed by atoms with E-state index in [0.29, 0.717) is 18.9 Å². The second kappa shape index (κ2) is 10.1. The molecule has 138 valence electrons. The molecule has 0 bridgehead atoms. The molecule has 6 nitrogen and oxygen atoms in total. The van der Waals surface area contributed by atoms with Crippen LogP contribution in [0.4, 0.5) is 0 Å². The van der Waals surface area contributed by atoms with Crippen molar-refractivity contribution in [3.63, 3.8) is 0 Å². The maximum atomic E-state index is 12.2. The quantitative estimate of drug-likeness (QED) is 0.677. The molecule has 2 aromatic carbocycles. The second-order valence-electron chi connectivity index (χ2n) is 5.74. The Bertz CT molecular complexity index is 702. The number of rotatable bonds is 9. The van der Waals surface area contributed by atoms with Gasteiger partial charge in [-0.1, -0.05) is 30.3 Å². The Balaban J connectivity index is 1.77. The van der Waals surface area contributed by atoms with Gasteiger partial charge in [-0.05, 0) is 29.8 Å². The van der Waals surface area contributed by atoms with Gasteiger partial charge >= 0.3 is 0 Å². The van der Waals surface area contributed by atoms with Gasteiger partial charge < -0.3 is 20.1 Å². The van der Waals surface area contributed by atoms with Crippen LogP contribution in [0.1, 0.15) is 24.9 Å². The first-order valence-corrected chi connectivity index (χ1v) is 8.44. The van der Waals surface area contributed by atoms with E-state index in [4.69, 9.17) is 9.47 Å². The van der Waals surface area contributed by atoms with Crippen LogP contribution >= 0.6 is 0 Å². The SMILES string of the molecule is COc1ccc(OCCNC(=O)C[C@@H](NC(C)=O)c2ccccc2)cc1. The van der Waals surface area contributed by atoms with Crippen molar-refractivity contribution in [2.24, 2.45) is 0 Å². The topological polar surface area (TPSA) is 76.7 Å². The number of methoxy groups -OCH3 is 1. The van der Waals surface area contributed by atoms with Crippen LogP contribution in [0.15, 0.2) is 54.6 Å². The molecule has 2 rings (SSSR count). The fraction of sp³-hybridized carbons (Fsp3) is 0.300. The molecule has 0 saturated heterocycles. The van der Waals surface area contributed by atoms with Crippen molar-refractivity contribution in [3.05, 3.63) is 60.2 Å². The molecule has 0 saturated carbocycles. The number of carbonyl (C=O) groups is 2. The first kappa shape index (κ1) is 19.3. The molecule has 0 aromatic heterocycles. The van der Waals surface area contributed by atoms with E-state index in [9.17, 15) is 9.59 Å². The third-order valence-electron chi connectivity index (χ3n) is 3.72. The van der Waals surface area contributed by atoms with E-state index in [-0.39, 0.29) is 24.3 Å². The van der Waals surface area contributed by atoms with Crippen LogP contribution in [0.25, 0.3) is 0 Å². The van der Waals surface area contributed by atoms with Crippen molar-refractivity contribution in [2.45, 2.75) is 19.4 Å². The first-order chi connectivity index (χ1) is 12.6. The summed E-state index contributed by atoms with van der Waals surface area (Å²) >= 11 is 0. The molecular weight excluding hydrogens is 332 g/mol. The van der Waals surface area contributed by atoms with Gasteiger partial charge in [0.15, 0.2) is 0 Å². The minimum atomic E-state index is -0.351. The zero-order valence-electron chi connectivity index (χ0n) is 15.0. The highest BCUT2D eigenvalue weighted by Gasteiger charge is 2.16. The fourth-order valence-electron chi connectivity index (χ4n) is 2.47. The van der Waals surface area contributed by atoms with Crippen LogP contribution < -0.4 is 20.1 Å². The molecule has 1 atom stereocenters. The van der Waals surface area contributed by atoms with Crippen LogP contribution in [0.2, 0.25) is 0 Å². The van der Waals surface area contributed by atoms with Crippen molar-refractivity contribution < 1.29 is 19.1 Å². The van der Waals surface area contributed by atoms with E-state index >= 15 is 0 Å². The van der Waals surface area contributed by atoms with Gasteiger partial charge in [-0.2, -0.15) is 0 Å². The molecule has 0 unspecified atom stereocenters. The summed E-state index contributed by atoms with van der Waals surface area (Å²) in [5.74, 6) is 1.15. The number of hydrogen-bond acceptors (Lipinski definition) is 4. The maximum Gasteiger partial charge on any atom is 0.222 e. The molecule has 26 heavy (non-hydrogen) atoms. The molecule has 2 aromatic rings. The molecule has 2 amide bonds. The second-order valence-corrected chi connectivity index (χ2v) is 5.74. The number of nitrogens with one attached hydrogen (secondary N) is 2. The van der Waals surface area contributed by atoms with E-state index in [0.717, 1.165) is 11.3 Å². The summed E-state index contributed by atoms with van der Waals surface area (Å²) in [5.41, 5.74) is 0.896. The highest BCUT2D eigenvalue weighted by atomic mass is 16.5. The minimum absolute atomic E-state index is 0.147. The number of amides is 2. The van der Waals surface area contributed by atoms with Crippen LogP contribution in [-0.4, -0.2) is 32.1 Å². The minimum Gasteiger partial charge on any atom is -0.497 e. The molecular formula is C20H24N2O4. The van der Waals surface area contributed by atoms with Crippen molar-refractivity contribution >= 4 is 11.8 Å². The van der Waals surface area contributed by atoms with Gasteiger partial charge in [0, 0.05) is 6.92 Å². The first-order valence-electron chi connectivity index (χ1n) is 8.44. The van der Waals surface area contributed by atoms with Crippen molar-refractivity contribution in [1.29, 1.82) is 0 Å². The van der Waals surface area contributed by atoms with Crippen LogP contribution in [-0.2, 0) is 9.59 Å². The number of ether oxygens (including phenoxy) is 2. The van der Waals surface area contributed by atoms with E-state index in [1.807, 2.05) is 54.6 Å². The molecule has 0 radical (unpaired) electrons. The molecule has 0 fully saturated rings. The molecule has 0 spiro atoms. The summed E-state index contributed by atoms with van der Waals surface area (Å²) in [7, 11) is 1.61. The lowest BCUT2D eigenvalue weighted by molar-refractivity contribution is -0.122. The van der Waals surface area contributed by atoms with E-state index in [1.54, 1.807) is 7.11 Å². The number of hydrogen-bond donors (Lipinski definition) is 2. The average molecular weight is 356 g/mol. The lowest BCUT2D eigenvalue weighted by atomic mass is 10.0.